The van der Waals surface area contributed by atoms with Crippen LogP contribution in [-0.4, -0.2) is 29.4 Å². The van der Waals surface area contributed by atoms with Crippen LogP contribution in [0, 0.1) is 34.8 Å². The molecule has 0 bridgehead atoms. The number of hydrogen-bond acceptors (Lipinski definition) is 4. The van der Waals surface area contributed by atoms with Gasteiger partial charge >= 0.3 is 0 Å². The smallest absolute Gasteiger partial charge is 0.230 e. The third kappa shape index (κ3) is 7.12. The lowest BCUT2D eigenvalue weighted by Crippen LogP contribution is -2.51. The van der Waals surface area contributed by atoms with E-state index in [1.54, 1.807) is 38.4 Å². The van der Waals surface area contributed by atoms with E-state index in [0.29, 0.717) is 29.5 Å². The summed E-state index contributed by atoms with van der Waals surface area (Å²) in [5, 5.41) is 5.95. The molecule has 1 heterocycles. The van der Waals surface area contributed by atoms with E-state index >= 15 is 0 Å². The van der Waals surface area contributed by atoms with Crippen molar-refractivity contribution in [2.75, 3.05) is 11.9 Å². The first-order valence-electron chi connectivity index (χ1n) is 13.0. The molecule has 8 heteroatoms. The van der Waals surface area contributed by atoms with Crippen LogP contribution in [0.5, 0.6) is 0 Å². The highest BCUT2D eigenvalue weighted by Gasteiger charge is 2.44. The van der Waals surface area contributed by atoms with Crippen LogP contribution in [0.15, 0.2) is 42.7 Å². The summed E-state index contributed by atoms with van der Waals surface area (Å²) < 4.78 is 27.1. The summed E-state index contributed by atoms with van der Waals surface area (Å²) in [5.41, 5.74) is 6.05. The number of amides is 2. The molecule has 1 saturated carbocycles. The van der Waals surface area contributed by atoms with E-state index in [9.17, 15) is 18.4 Å². The van der Waals surface area contributed by atoms with Crippen molar-refractivity contribution in [3.8, 4) is 0 Å². The number of nitrogens with two attached hydrogens (primary N) is 1. The summed E-state index contributed by atoms with van der Waals surface area (Å²) in [5.74, 6) is -1.42. The number of nitrogens with one attached hydrogen (secondary N) is 2. The van der Waals surface area contributed by atoms with Gasteiger partial charge in [-0.1, -0.05) is 26.8 Å². The Bertz CT molecular complexity index is 1090. The fraction of sp³-hybridized carbons (Fsp3) is 0.552. The Morgan fingerprint density at radius 2 is 1.81 bits per heavy atom. The van der Waals surface area contributed by atoms with Crippen molar-refractivity contribution < 1.29 is 18.4 Å². The summed E-state index contributed by atoms with van der Waals surface area (Å²) >= 11 is 0. The molecule has 1 aliphatic carbocycles. The van der Waals surface area contributed by atoms with E-state index < -0.39 is 22.5 Å². The number of nitrogens with zero attached hydrogens (tertiary/aromatic N) is 1. The predicted molar refractivity (Wildman–Crippen MR) is 142 cm³/mol. The molecule has 1 fully saturated rings. The molecular weight excluding hydrogens is 474 g/mol. The molecule has 2 aromatic rings. The highest BCUT2D eigenvalue weighted by molar-refractivity contribution is 5.95. The van der Waals surface area contributed by atoms with E-state index in [4.69, 9.17) is 5.73 Å². The Morgan fingerprint density at radius 3 is 2.43 bits per heavy atom. The van der Waals surface area contributed by atoms with Crippen LogP contribution in [-0.2, 0) is 15.0 Å². The molecule has 4 unspecified atom stereocenters. The van der Waals surface area contributed by atoms with E-state index in [1.165, 1.54) is 6.07 Å². The number of carbonyl (C=O) groups excluding carboxylic acids is 2. The minimum absolute atomic E-state index is 0.0344. The zero-order chi connectivity index (χ0) is 27.4. The summed E-state index contributed by atoms with van der Waals surface area (Å²) in [7, 11) is 0. The Morgan fingerprint density at radius 1 is 1.14 bits per heavy atom. The maximum Gasteiger partial charge on any atom is 0.230 e. The summed E-state index contributed by atoms with van der Waals surface area (Å²) in [4.78, 5) is 30.4. The van der Waals surface area contributed by atoms with Gasteiger partial charge in [-0.25, -0.2) is 8.78 Å². The number of rotatable bonds is 9. The molecule has 202 valence electrons. The average molecular weight is 515 g/mol. The molecular formula is C29H40F2N4O2. The van der Waals surface area contributed by atoms with Crippen molar-refractivity contribution in [2.45, 2.75) is 71.8 Å². The second-order valence-electron chi connectivity index (χ2n) is 11.8. The monoisotopic (exact) mass is 514 g/mol. The van der Waals surface area contributed by atoms with Crippen LogP contribution < -0.4 is 16.4 Å². The first-order valence-corrected chi connectivity index (χ1v) is 13.0. The first kappa shape index (κ1) is 28.7. The Labute approximate surface area is 218 Å². The van der Waals surface area contributed by atoms with Gasteiger partial charge < -0.3 is 16.4 Å². The number of carbonyl (C=O) groups is 2. The van der Waals surface area contributed by atoms with Crippen molar-refractivity contribution in [1.82, 2.24) is 10.3 Å². The maximum atomic E-state index is 13.8. The van der Waals surface area contributed by atoms with Crippen LogP contribution in [0.25, 0.3) is 0 Å². The number of aromatic nitrogens is 1. The van der Waals surface area contributed by atoms with Gasteiger partial charge in [0.25, 0.3) is 0 Å². The minimum Gasteiger partial charge on any atom is -0.354 e. The number of pyridine rings is 1. The molecule has 37 heavy (non-hydrogen) atoms. The van der Waals surface area contributed by atoms with Gasteiger partial charge in [-0.15, -0.1) is 0 Å². The molecule has 0 spiro atoms. The van der Waals surface area contributed by atoms with Crippen molar-refractivity contribution in [3.05, 3.63) is 59.9 Å². The van der Waals surface area contributed by atoms with Crippen molar-refractivity contribution in [3.63, 3.8) is 0 Å². The number of anilines is 1. The zero-order valence-corrected chi connectivity index (χ0v) is 22.5. The van der Waals surface area contributed by atoms with E-state index in [-0.39, 0.29) is 30.3 Å². The van der Waals surface area contributed by atoms with Gasteiger partial charge in [0.1, 0.15) is 0 Å². The van der Waals surface area contributed by atoms with Crippen molar-refractivity contribution in [1.29, 1.82) is 0 Å². The van der Waals surface area contributed by atoms with Gasteiger partial charge in [0.15, 0.2) is 11.6 Å². The normalized spacial score (nSPS) is 22.9. The lowest BCUT2D eigenvalue weighted by molar-refractivity contribution is -0.129. The molecule has 1 aliphatic rings. The molecule has 4 atom stereocenters. The molecule has 1 aromatic heterocycles. The average Bonchev–Trinajstić information content (AvgIpc) is 2.83. The third-order valence-electron chi connectivity index (χ3n) is 7.69. The van der Waals surface area contributed by atoms with Crippen LogP contribution in [0.1, 0.15) is 65.9 Å². The molecule has 0 saturated heterocycles. The minimum atomic E-state index is -1.07. The van der Waals surface area contributed by atoms with Crippen LogP contribution >= 0.6 is 0 Å². The SMILES string of the molecule is CC(C)CC1CC(C(N)CNC(=O)C(C)(C)c2ccc(F)c(F)c2)CC(C)(C(=O)Nc2ccncc2)C1. The zero-order valence-electron chi connectivity index (χ0n) is 22.5. The van der Waals surface area contributed by atoms with Crippen molar-refractivity contribution >= 4 is 17.5 Å². The number of benzene rings is 1. The molecule has 4 N–H and O–H groups in total. The molecule has 2 amide bonds. The van der Waals surface area contributed by atoms with Gasteiger partial charge in [0, 0.05) is 36.1 Å². The second-order valence-corrected chi connectivity index (χ2v) is 11.8. The van der Waals surface area contributed by atoms with Crippen LogP contribution in [0.2, 0.25) is 0 Å². The van der Waals surface area contributed by atoms with Gasteiger partial charge in [0.2, 0.25) is 11.8 Å². The number of hydrogen-bond donors (Lipinski definition) is 3. The van der Waals surface area contributed by atoms with Gasteiger partial charge in [-0.2, -0.15) is 0 Å². The molecule has 0 aliphatic heterocycles. The standard InChI is InChI=1S/C29H40F2N4O2/c1-18(2)12-19-13-20(16-29(5,15-19)27(37)35-22-8-10-33-11-9-22)25(32)17-34-26(36)28(3,4)21-6-7-23(30)24(31)14-21/h6-11,14,18-20,25H,12-13,15-17,32H2,1-5H3,(H,34,36)(H,33,35,37). The van der Waals surface area contributed by atoms with E-state index in [1.807, 2.05) is 6.92 Å². The third-order valence-corrected chi connectivity index (χ3v) is 7.69. The Balaban J connectivity index is 1.70. The largest absolute Gasteiger partial charge is 0.354 e. The van der Waals surface area contributed by atoms with E-state index in [0.717, 1.165) is 31.4 Å². The fourth-order valence-corrected chi connectivity index (χ4v) is 5.58. The fourth-order valence-electron chi connectivity index (χ4n) is 5.58. The highest BCUT2D eigenvalue weighted by atomic mass is 19.2. The second kappa shape index (κ2) is 11.7. The first-order chi connectivity index (χ1) is 17.3. The van der Waals surface area contributed by atoms with Crippen LogP contribution in [0.4, 0.5) is 14.5 Å². The van der Waals surface area contributed by atoms with E-state index in [2.05, 4.69) is 29.5 Å². The Kier molecular flexibility index (Phi) is 9.05. The topological polar surface area (TPSA) is 97.1 Å². The quantitative estimate of drug-likeness (QED) is 0.429. The van der Waals surface area contributed by atoms with Gasteiger partial charge in [-0.05, 0) is 87.1 Å². The maximum absolute atomic E-state index is 13.8. The summed E-state index contributed by atoms with van der Waals surface area (Å²) in [6, 6.07) is 6.68. The lowest BCUT2D eigenvalue weighted by Gasteiger charge is -2.44. The highest BCUT2D eigenvalue weighted by Crippen LogP contribution is 2.46. The summed E-state index contributed by atoms with van der Waals surface area (Å²) in [6.45, 7) is 9.92. The molecule has 0 radical (unpaired) electrons. The van der Waals surface area contributed by atoms with Gasteiger partial charge in [-0.3, -0.25) is 14.6 Å². The Hall–Kier alpha value is -2.87. The summed E-state index contributed by atoms with van der Waals surface area (Å²) in [6.07, 6.45) is 6.56. The van der Waals surface area contributed by atoms with Crippen LogP contribution in [0.3, 0.4) is 0 Å². The molecule has 6 nitrogen and oxygen atoms in total. The van der Waals surface area contributed by atoms with Gasteiger partial charge in [0.05, 0.1) is 5.41 Å². The lowest BCUT2D eigenvalue weighted by atomic mass is 9.63. The predicted octanol–water partition coefficient (Wildman–Crippen LogP) is 5.19. The van der Waals surface area contributed by atoms with Crippen molar-refractivity contribution in [2.24, 2.45) is 28.9 Å². The number of halogens is 2. The molecule has 3 rings (SSSR count). The molecule has 1 aromatic carbocycles.